The van der Waals surface area contributed by atoms with Crippen molar-refractivity contribution in [3.8, 4) is 0 Å². The van der Waals surface area contributed by atoms with Crippen LogP contribution in [0.5, 0.6) is 0 Å². The van der Waals surface area contributed by atoms with E-state index in [1.165, 1.54) is 0 Å². The van der Waals surface area contributed by atoms with E-state index < -0.39 is 0 Å². The quantitative estimate of drug-likeness (QED) is 0.688. The first-order valence-corrected chi connectivity index (χ1v) is 6.62. The van der Waals surface area contributed by atoms with Crippen molar-refractivity contribution in [3.63, 3.8) is 0 Å². The van der Waals surface area contributed by atoms with Gasteiger partial charge in [-0.1, -0.05) is 6.07 Å². The van der Waals surface area contributed by atoms with Crippen molar-refractivity contribution in [3.05, 3.63) is 54.2 Å². The van der Waals surface area contributed by atoms with Gasteiger partial charge in [0, 0.05) is 18.6 Å². The SMILES string of the molecule is CC(c1cccnc1)n1c(CCl)nc2cccnc21. The van der Waals surface area contributed by atoms with E-state index in [4.69, 9.17) is 11.6 Å². The van der Waals surface area contributed by atoms with Crippen LogP contribution in [-0.4, -0.2) is 19.5 Å². The topological polar surface area (TPSA) is 43.6 Å². The first kappa shape index (κ1) is 12.1. The highest BCUT2D eigenvalue weighted by Crippen LogP contribution is 2.24. The number of fused-ring (bicyclic) bond motifs is 1. The number of rotatable bonds is 3. The van der Waals surface area contributed by atoms with E-state index in [1.807, 2.05) is 30.5 Å². The van der Waals surface area contributed by atoms with Gasteiger partial charge >= 0.3 is 0 Å². The van der Waals surface area contributed by atoms with Gasteiger partial charge in [-0.05, 0) is 30.7 Å². The average Bonchev–Trinajstić information content (AvgIpc) is 2.86. The van der Waals surface area contributed by atoms with Gasteiger partial charge in [-0.25, -0.2) is 9.97 Å². The second-order valence-electron chi connectivity index (χ2n) is 4.34. The predicted octanol–water partition coefficient (Wildman–Crippen LogP) is 3.17. The summed E-state index contributed by atoms with van der Waals surface area (Å²) in [5.74, 6) is 1.19. The number of halogens is 1. The first-order chi connectivity index (χ1) is 9.31. The van der Waals surface area contributed by atoms with Gasteiger partial charge in [-0.15, -0.1) is 11.6 Å². The monoisotopic (exact) mass is 272 g/mol. The van der Waals surface area contributed by atoms with Crippen molar-refractivity contribution in [2.45, 2.75) is 18.8 Å². The van der Waals surface area contributed by atoms with Crippen molar-refractivity contribution in [2.24, 2.45) is 0 Å². The van der Waals surface area contributed by atoms with Crippen LogP contribution in [0, 0.1) is 0 Å². The second kappa shape index (κ2) is 4.97. The molecule has 5 heteroatoms. The van der Waals surface area contributed by atoms with Crippen LogP contribution >= 0.6 is 11.6 Å². The lowest BCUT2D eigenvalue weighted by Gasteiger charge is -2.16. The molecule has 0 amide bonds. The zero-order valence-electron chi connectivity index (χ0n) is 10.5. The molecule has 0 bridgehead atoms. The Hall–Kier alpha value is -1.94. The number of imidazole rings is 1. The van der Waals surface area contributed by atoms with Crippen LogP contribution in [0.4, 0.5) is 0 Å². The summed E-state index contributed by atoms with van der Waals surface area (Å²) in [5.41, 5.74) is 2.84. The van der Waals surface area contributed by atoms with Crippen LogP contribution < -0.4 is 0 Å². The number of nitrogens with zero attached hydrogens (tertiary/aromatic N) is 4. The molecule has 0 N–H and O–H groups in total. The lowest BCUT2D eigenvalue weighted by atomic mass is 10.1. The fourth-order valence-electron chi connectivity index (χ4n) is 2.25. The van der Waals surface area contributed by atoms with Crippen molar-refractivity contribution >= 4 is 22.8 Å². The van der Waals surface area contributed by atoms with Crippen LogP contribution in [0.2, 0.25) is 0 Å². The Morgan fingerprint density at radius 1 is 1.26 bits per heavy atom. The zero-order valence-corrected chi connectivity index (χ0v) is 11.2. The van der Waals surface area contributed by atoms with E-state index in [0.29, 0.717) is 5.88 Å². The van der Waals surface area contributed by atoms with Crippen LogP contribution in [0.25, 0.3) is 11.2 Å². The van der Waals surface area contributed by atoms with Gasteiger partial charge in [0.15, 0.2) is 5.65 Å². The lowest BCUT2D eigenvalue weighted by Crippen LogP contribution is -2.10. The largest absolute Gasteiger partial charge is 0.304 e. The summed E-state index contributed by atoms with van der Waals surface area (Å²) < 4.78 is 2.07. The van der Waals surface area contributed by atoms with E-state index in [2.05, 4.69) is 26.4 Å². The summed E-state index contributed by atoms with van der Waals surface area (Å²) in [6, 6.07) is 7.91. The molecule has 3 aromatic rings. The number of pyridine rings is 2. The zero-order chi connectivity index (χ0) is 13.2. The maximum atomic E-state index is 6.01. The molecule has 0 saturated heterocycles. The maximum absolute atomic E-state index is 6.01. The molecular formula is C14H13ClN4. The van der Waals surface area contributed by atoms with Gasteiger partial charge in [0.05, 0.1) is 11.9 Å². The number of aromatic nitrogens is 4. The van der Waals surface area contributed by atoms with Crippen molar-refractivity contribution < 1.29 is 0 Å². The highest BCUT2D eigenvalue weighted by molar-refractivity contribution is 6.16. The molecule has 0 saturated carbocycles. The minimum Gasteiger partial charge on any atom is -0.304 e. The van der Waals surface area contributed by atoms with E-state index in [1.54, 1.807) is 12.4 Å². The van der Waals surface area contributed by atoms with E-state index >= 15 is 0 Å². The van der Waals surface area contributed by atoms with Gasteiger partial charge in [0.2, 0.25) is 0 Å². The van der Waals surface area contributed by atoms with Crippen LogP contribution in [0.3, 0.4) is 0 Å². The highest BCUT2D eigenvalue weighted by Gasteiger charge is 2.17. The molecule has 19 heavy (non-hydrogen) atoms. The maximum Gasteiger partial charge on any atom is 0.160 e. The molecule has 1 unspecified atom stereocenters. The summed E-state index contributed by atoms with van der Waals surface area (Å²) >= 11 is 6.01. The molecule has 3 aromatic heterocycles. The van der Waals surface area contributed by atoms with Gasteiger partial charge in [-0.2, -0.15) is 0 Å². The second-order valence-corrected chi connectivity index (χ2v) is 4.61. The Morgan fingerprint density at radius 2 is 2.11 bits per heavy atom. The Balaban J connectivity index is 2.18. The van der Waals surface area contributed by atoms with Crippen LogP contribution in [-0.2, 0) is 5.88 Å². The Labute approximate surface area is 116 Å². The third kappa shape index (κ3) is 2.08. The summed E-state index contributed by atoms with van der Waals surface area (Å²) in [6.07, 6.45) is 5.40. The standard InChI is InChI=1S/C14H13ClN4/c1-10(11-4-2-6-16-9-11)19-13(8-15)18-12-5-3-7-17-14(12)19/h2-7,9-10H,8H2,1H3. The molecule has 96 valence electrons. The first-order valence-electron chi connectivity index (χ1n) is 6.09. The highest BCUT2D eigenvalue weighted by atomic mass is 35.5. The molecule has 0 aromatic carbocycles. The van der Waals surface area contributed by atoms with Crippen molar-refractivity contribution in [1.82, 2.24) is 19.5 Å². The van der Waals surface area contributed by atoms with E-state index in [0.717, 1.165) is 22.6 Å². The van der Waals surface area contributed by atoms with Crippen molar-refractivity contribution in [2.75, 3.05) is 0 Å². The fourth-order valence-corrected chi connectivity index (χ4v) is 2.44. The molecule has 4 nitrogen and oxygen atoms in total. The lowest BCUT2D eigenvalue weighted by molar-refractivity contribution is 0.626. The average molecular weight is 273 g/mol. The van der Waals surface area contributed by atoms with Crippen LogP contribution in [0.15, 0.2) is 42.9 Å². The van der Waals surface area contributed by atoms with Gasteiger partial charge in [-0.3, -0.25) is 4.98 Å². The van der Waals surface area contributed by atoms with Gasteiger partial charge < -0.3 is 4.57 Å². The molecule has 0 aliphatic rings. The summed E-state index contributed by atoms with van der Waals surface area (Å²) in [7, 11) is 0. The Kier molecular flexibility index (Phi) is 3.17. The molecule has 0 radical (unpaired) electrons. The predicted molar refractivity (Wildman–Crippen MR) is 75.1 cm³/mol. The minimum atomic E-state index is 0.0994. The van der Waals surface area contributed by atoms with E-state index in [9.17, 15) is 0 Å². The minimum absolute atomic E-state index is 0.0994. The molecule has 1 atom stereocenters. The number of hydrogen-bond donors (Lipinski definition) is 0. The number of hydrogen-bond acceptors (Lipinski definition) is 3. The Morgan fingerprint density at radius 3 is 2.84 bits per heavy atom. The molecular weight excluding hydrogens is 260 g/mol. The fraction of sp³-hybridized carbons (Fsp3) is 0.214. The van der Waals surface area contributed by atoms with Gasteiger partial charge in [0.25, 0.3) is 0 Å². The van der Waals surface area contributed by atoms with Gasteiger partial charge in [0.1, 0.15) is 11.3 Å². The summed E-state index contributed by atoms with van der Waals surface area (Å²) in [5, 5.41) is 0. The molecule has 0 fully saturated rings. The molecule has 0 spiro atoms. The number of alkyl halides is 1. The summed E-state index contributed by atoms with van der Waals surface area (Å²) in [6.45, 7) is 2.10. The molecule has 3 rings (SSSR count). The van der Waals surface area contributed by atoms with E-state index in [-0.39, 0.29) is 6.04 Å². The van der Waals surface area contributed by atoms with Crippen LogP contribution in [0.1, 0.15) is 24.4 Å². The summed E-state index contributed by atoms with van der Waals surface area (Å²) in [4.78, 5) is 13.1. The molecule has 3 heterocycles. The Bertz CT molecular complexity index is 693. The smallest absolute Gasteiger partial charge is 0.160 e. The van der Waals surface area contributed by atoms with Crippen molar-refractivity contribution in [1.29, 1.82) is 0 Å². The normalized spacial score (nSPS) is 12.7. The third-order valence-corrected chi connectivity index (χ3v) is 3.43. The molecule has 0 aliphatic heterocycles. The molecule has 0 aliphatic carbocycles. The third-order valence-electron chi connectivity index (χ3n) is 3.20.